The first kappa shape index (κ1) is 72.8. The second-order valence-corrected chi connectivity index (χ2v) is 30.8. The van der Waals surface area contributed by atoms with Crippen LogP contribution in [0.1, 0.15) is 120 Å². The summed E-state index contributed by atoms with van der Waals surface area (Å²) < 4.78 is 113. The Labute approximate surface area is 541 Å². The molecule has 15 N–H and O–H groups in total. The van der Waals surface area contributed by atoms with Gasteiger partial charge in [-0.05, 0) is 145 Å². The SMILES string of the molecule is CC(C)C[C@@H]1C[C@H]1[C@](C)(O)[C@H]1CC[C@H]2[C@@H]3C[C@H](O[C@@H]4O[C@H](C)[C@@H](O)[C@H](O[C@@H]5OC[C@@H](O[C@@H]6O[C@H](C)[C@@H](O)[C@H](O)[C@H]6O[C@@H]6O[C@H](C)[C@H](O)[C@H](O[C@@H]7OC[C@@H](O)[C@H](O)[C@H]7O)[C@H]6O)[C@H](O)[C@H]5O[C@@H]5O[C@H](C)[C@@H](O)[C@H](O)[C@H]5O)[C@H]4O)[C@H]4C[C@@H](OS(=O)(=O)O)CC[C@]4(C)C3=CC[C@]12C. The molecule has 6 aliphatic heterocycles. The second-order valence-electron chi connectivity index (χ2n) is 29.8. The average molecular weight is 1360 g/mol. The average Bonchev–Trinajstić information content (AvgIpc) is 1.65. The number of aliphatic hydroxyl groups is 14. The molecule has 0 radical (unpaired) electrons. The van der Waals surface area contributed by atoms with E-state index in [1.807, 2.05) is 6.92 Å². The van der Waals surface area contributed by atoms with Crippen LogP contribution in [0.15, 0.2) is 11.6 Å². The van der Waals surface area contributed by atoms with Gasteiger partial charge in [0.1, 0.15) is 110 Å². The van der Waals surface area contributed by atoms with Crippen molar-refractivity contribution in [2.45, 2.75) is 310 Å². The maximum atomic E-state index is 12.5. The van der Waals surface area contributed by atoms with Gasteiger partial charge in [-0.1, -0.05) is 39.3 Å². The summed E-state index contributed by atoms with van der Waals surface area (Å²) in [5.41, 5.74) is -0.574. The van der Waals surface area contributed by atoms with Gasteiger partial charge < -0.3 is 128 Å². The monoisotopic (exact) mass is 1360 g/mol. The maximum Gasteiger partial charge on any atom is 0.397 e. The summed E-state index contributed by atoms with van der Waals surface area (Å²) in [7, 11) is -4.87. The topological polar surface area (TPSA) is 458 Å². The van der Waals surface area contributed by atoms with E-state index in [1.165, 1.54) is 33.3 Å². The molecule has 0 spiro atoms. The Morgan fingerprint density at radius 3 is 1.68 bits per heavy atom. The summed E-state index contributed by atoms with van der Waals surface area (Å²) >= 11 is 0. The minimum atomic E-state index is -4.87. The van der Waals surface area contributed by atoms with Gasteiger partial charge in [-0.15, -0.1) is 0 Å². The fraction of sp³-hybridized carbons (Fsp3) is 0.968. The van der Waals surface area contributed by atoms with Gasteiger partial charge in [-0.25, -0.2) is 4.18 Å². The van der Waals surface area contributed by atoms with Gasteiger partial charge in [0.2, 0.25) is 0 Å². The van der Waals surface area contributed by atoms with Gasteiger partial charge in [0.25, 0.3) is 0 Å². The van der Waals surface area contributed by atoms with E-state index in [0.717, 1.165) is 32.1 Å². The first-order chi connectivity index (χ1) is 43.5. The van der Waals surface area contributed by atoms with Crippen molar-refractivity contribution in [3.63, 3.8) is 0 Å². The normalized spacial score (nSPS) is 54.3. The molecule has 0 unspecified atom stereocenters. The van der Waals surface area contributed by atoms with Gasteiger partial charge in [0.05, 0.1) is 55.4 Å². The molecule has 4 saturated carbocycles. The van der Waals surface area contributed by atoms with Crippen molar-refractivity contribution in [2.24, 2.45) is 52.3 Å². The lowest BCUT2D eigenvalue weighted by Crippen LogP contribution is -2.67. The van der Waals surface area contributed by atoms with Gasteiger partial charge in [-0.3, -0.25) is 4.55 Å². The first-order valence-electron chi connectivity index (χ1n) is 33.3. The molecule has 93 heavy (non-hydrogen) atoms. The highest BCUT2D eigenvalue weighted by Crippen LogP contribution is 2.69. The number of hydrogen-bond donors (Lipinski definition) is 15. The van der Waals surface area contributed by atoms with Crippen LogP contribution >= 0.6 is 0 Å². The zero-order chi connectivity index (χ0) is 67.6. The van der Waals surface area contributed by atoms with Crippen LogP contribution in [-0.4, -0.2) is 288 Å². The second kappa shape index (κ2) is 27.8. The summed E-state index contributed by atoms with van der Waals surface area (Å²) in [6.45, 7) is 15.4. The lowest BCUT2D eigenvalue weighted by Gasteiger charge is -2.60. The molecule has 536 valence electrons. The van der Waals surface area contributed by atoms with Crippen molar-refractivity contribution in [3.05, 3.63) is 11.6 Å². The van der Waals surface area contributed by atoms with E-state index in [0.29, 0.717) is 31.1 Å². The Bertz CT molecular complexity index is 2680. The summed E-state index contributed by atoms with van der Waals surface area (Å²) in [6, 6.07) is 0. The molecule has 6 saturated heterocycles. The van der Waals surface area contributed by atoms with Crippen molar-refractivity contribution in [1.29, 1.82) is 0 Å². The van der Waals surface area contributed by atoms with Crippen LogP contribution in [-0.2, 0) is 71.4 Å². The molecule has 10 fully saturated rings. The van der Waals surface area contributed by atoms with Crippen LogP contribution in [0.5, 0.6) is 0 Å². The van der Waals surface area contributed by atoms with E-state index in [4.69, 9.17) is 61.0 Å². The number of ether oxygens (including phenoxy) is 12. The third-order valence-corrected chi connectivity index (χ3v) is 23.7. The molecule has 39 atom stereocenters. The smallest absolute Gasteiger partial charge is 0.390 e. The standard InChI is InChI=1S/C62H102O30S/c1-22(2)16-27-17-32(27)62(9,76)37-11-10-30-29-19-35(33-18-28(92-93(77,78)79)12-14-60(33,7)31(29)13-15-61(30,37)8)86-56-48(74)51(41(67)25(5)83-56)89-58-52(90-55-47(73)44(70)38(64)23(3)82-55)43(69)36(21-81-58)87-59-53(45(71)39(65)24(4)85-59)91-57-49(75)50(40(66)26(6)84-57)88-54-46(72)42(68)34(63)20-80-54/h13,22-30,32-59,63-76H,10-12,14-21H2,1-9H3,(H,77,78,79)/t23-,24-,25-,26-,27-,28+,29+,30+,32-,33-,34-,35+,36-,37+,38-,39-,40+,41-,42+,43+,44+,45+,46-,47-,48-,49-,50+,51+,52-,53-,54+,55+,56+,57+,58+,59+,60-,61+,62+/m1/s1. The Kier molecular flexibility index (Phi) is 21.8. The van der Waals surface area contributed by atoms with Crippen LogP contribution in [0, 0.1) is 52.3 Å². The van der Waals surface area contributed by atoms with Crippen LogP contribution in [0.25, 0.3) is 0 Å². The lowest BCUT2D eigenvalue weighted by atomic mass is 9.47. The highest BCUT2D eigenvalue weighted by Gasteiger charge is 2.66. The molecule has 0 aromatic rings. The van der Waals surface area contributed by atoms with E-state index in [9.17, 15) is 84.5 Å². The largest absolute Gasteiger partial charge is 0.397 e. The summed E-state index contributed by atoms with van der Waals surface area (Å²) in [5.74, 6) is 0.737. The van der Waals surface area contributed by atoms with Crippen molar-refractivity contribution < 1.29 is 145 Å². The molecule has 31 heteroatoms. The summed E-state index contributed by atoms with van der Waals surface area (Å²) in [6.07, 6.45) is -40.6. The Morgan fingerprint density at radius 2 is 1.06 bits per heavy atom. The molecule has 30 nitrogen and oxygen atoms in total. The van der Waals surface area contributed by atoms with Crippen LogP contribution in [0.3, 0.4) is 0 Å². The van der Waals surface area contributed by atoms with Crippen molar-refractivity contribution in [3.8, 4) is 0 Å². The molecule has 0 bridgehead atoms. The molecular formula is C62H102O30S. The predicted molar refractivity (Wildman–Crippen MR) is 313 cm³/mol. The van der Waals surface area contributed by atoms with E-state index >= 15 is 0 Å². The van der Waals surface area contributed by atoms with Gasteiger partial charge in [0, 0.05) is 0 Å². The number of rotatable bonds is 18. The molecular weight excluding hydrogens is 1260 g/mol. The number of fused-ring (bicyclic) bond motifs is 5. The highest BCUT2D eigenvalue weighted by molar-refractivity contribution is 7.80. The van der Waals surface area contributed by atoms with Gasteiger partial charge in [0.15, 0.2) is 37.7 Å². The number of aliphatic hydroxyl groups excluding tert-OH is 13. The van der Waals surface area contributed by atoms with Gasteiger partial charge in [-0.2, -0.15) is 8.42 Å². The zero-order valence-electron chi connectivity index (χ0n) is 54.0. The van der Waals surface area contributed by atoms with Crippen LogP contribution in [0.4, 0.5) is 0 Å². The number of hydrogen-bond acceptors (Lipinski definition) is 29. The quantitative estimate of drug-likeness (QED) is 0.0498. The zero-order valence-corrected chi connectivity index (χ0v) is 54.8. The predicted octanol–water partition coefficient (Wildman–Crippen LogP) is -2.51. The third kappa shape index (κ3) is 14.1. The molecule has 0 aromatic carbocycles. The Balaban J connectivity index is 0.838. The van der Waals surface area contributed by atoms with Crippen molar-refractivity contribution >= 4 is 10.4 Å². The fourth-order valence-corrected chi connectivity index (χ4v) is 18.4. The van der Waals surface area contributed by atoms with E-state index in [2.05, 4.69) is 33.8 Å². The minimum Gasteiger partial charge on any atom is -0.390 e. The lowest BCUT2D eigenvalue weighted by molar-refractivity contribution is -0.400. The fourth-order valence-electron chi connectivity index (χ4n) is 17.9. The Hall–Kier alpha value is -1.43. The first-order valence-corrected chi connectivity index (χ1v) is 34.6. The minimum absolute atomic E-state index is 0.00546. The molecule has 11 aliphatic rings. The molecule has 0 amide bonds. The van der Waals surface area contributed by atoms with E-state index < -0.39 is 225 Å². The number of allylic oxidation sites excluding steroid dienone is 2. The molecule has 5 aliphatic carbocycles. The molecule has 6 heterocycles. The summed E-state index contributed by atoms with van der Waals surface area (Å²) in [4.78, 5) is 0. The summed E-state index contributed by atoms with van der Waals surface area (Å²) in [5, 5.41) is 159. The van der Waals surface area contributed by atoms with Crippen LogP contribution in [0.2, 0.25) is 0 Å². The highest BCUT2D eigenvalue weighted by atomic mass is 32.3. The molecule has 11 rings (SSSR count). The van der Waals surface area contributed by atoms with Crippen molar-refractivity contribution in [2.75, 3.05) is 13.2 Å². The van der Waals surface area contributed by atoms with Gasteiger partial charge >= 0.3 is 10.4 Å². The molecule has 0 aromatic heterocycles. The van der Waals surface area contributed by atoms with Crippen molar-refractivity contribution in [1.82, 2.24) is 0 Å². The third-order valence-electron chi connectivity index (χ3n) is 23.2. The Morgan fingerprint density at radius 1 is 0.548 bits per heavy atom. The van der Waals surface area contributed by atoms with Crippen LogP contribution < -0.4 is 0 Å². The van der Waals surface area contributed by atoms with E-state index in [1.54, 1.807) is 0 Å². The van der Waals surface area contributed by atoms with E-state index in [-0.39, 0.29) is 35.5 Å². The maximum absolute atomic E-state index is 12.5.